The fourth-order valence-corrected chi connectivity index (χ4v) is 2.98. The average molecular weight is 291 g/mol. The highest BCUT2D eigenvalue weighted by atomic mass is 16.5. The monoisotopic (exact) mass is 291 g/mol. The van der Waals surface area contributed by atoms with Crippen LogP contribution in [0, 0.1) is 0 Å². The van der Waals surface area contributed by atoms with Crippen molar-refractivity contribution < 1.29 is 4.74 Å². The lowest BCUT2D eigenvalue weighted by molar-refractivity contribution is 0.209. The third-order valence-electron chi connectivity index (χ3n) is 4.30. The lowest BCUT2D eigenvalue weighted by Crippen LogP contribution is -2.36. The molecule has 2 N–H and O–H groups in total. The van der Waals surface area contributed by atoms with Crippen molar-refractivity contribution in [3.8, 4) is 5.75 Å². The molecule has 1 aromatic carbocycles. The molecule has 1 saturated heterocycles. The molecule has 4 heteroatoms. The summed E-state index contributed by atoms with van der Waals surface area (Å²) in [4.78, 5) is 4.91. The van der Waals surface area contributed by atoms with Gasteiger partial charge in [-0.3, -0.25) is 4.90 Å². The van der Waals surface area contributed by atoms with E-state index in [1.54, 1.807) is 0 Å². The minimum absolute atomic E-state index is 0.281. The predicted octanol–water partition coefficient (Wildman–Crippen LogP) is 2.11. The van der Waals surface area contributed by atoms with Crippen LogP contribution in [-0.2, 0) is 0 Å². The predicted molar refractivity (Wildman–Crippen MR) is 87.7 cm³/mol. The molecular formula is C17H29N3O. The zero-order valence-electron chi connectivity index (χ0n) is 13.4. The van der Waals surface area contributed by atoms with Crippen LogP contribution in [0.2, 0.25) is 0 Å². The minimum Gasteiger partial charge on any atom is -0.494 e. The molecule has 1 heterocycles. The van der Waals surface area contributed by atoms with Crippen LogP contribution in [-0.4, -0.2) is 56.2 Å². The topological polar surface area (TPSA) is 41.7 Å². The van der Waals surface area contributed by atoms with Gasteiger partial charge in [-0.2, -0.15) is 0 Å². The fourth-order valence-electron chi connectivity index (χ4n) is 2.98. The number of hydrogen-bond donors (Lipinski definition) is 1. The Hall–Kier alpha value is -1.10. The Bertz CT molecular complexity index is 401. The number of likely N-dealkylation sites (tertiary alicyclic amines) is 1. The van der Waals surface area contributed by atoms with Crippen LogP contribution in [0.5, 0.6) is 5.75 Å². The van der Waals surface area contributed by atoms with E-state index < -0.39 is 0 Å². The maximum atomic E-state index is 6.00. The number of benzene rings is 1. The maximum Gasteiger partial charge on any atom is 0.119 e. The summed E-state index contributed by atoms with van der Waals surface area (Å²) in [6, 6.07) is 8.62. The summed E-state index contributed by atoms with van der Waals surface area (Å²) in [6.07, 6.45) is 2.70. The Kier molecular flexibility index (Phi) is 6.49. The fraction of sp³-hybridized carbons (Fsp3) is 0.647. The molecule has 0 aliphatic carbocycles. The Morgan fingerprint density at radius 1 is 1.24 bits per heavy atom. The summed E-state index contributed by atoms with van der Waals surface area (Å²) in [5, 5.41) is 0. The van der Waals surface area contributed by atoms with Gasteiger partial charge in [-0.15, -0.1) is 0 Å². The Morgan fingerprint density at radius 2 is 1.90 bits per heavy atom. The van der Waals surface area contributed by atoms with E-state index in [0.717, 1.165) is 18.8 Å². The summed E-state index contributed by atoms with van der Waals surface area (Å²) in [7, 11) is 2.17. The van der Waals surface area contributed by atoms with Crippen molar-refractivity contribution in [3.63, 3.8) is 0 Å². The first-order valence-corrected chi connectivity index (χ1v) is 8.10. The van der Waals surface area contributed by atoms with E-state index in [9.17, 15) is 0 Å². The highest BCUT2D eigenvalue weighted by molar-refractivity contribution is 5.29. The number of nitrogens with two attached hydrogens (primary N) is 1. The number of hydrogen-bond acceptors (Lipinski definition) is 4. The standard InChI is InChI=1S/C17H29N3O/c1-3-21-16-8-6-15(7-9-16)17(14-18)19(2)12-13-20-10-4-5-11-20/h6-9,17H,3-5,10-14,18H2,1-2H3. The van der Waals surface area contributed by atoms with E-state index in [1.807, 2.05) is 19.1 Å². The van der Waals surface area contributed by atoms with Crippen LogP contribution >= 0.6 is 0 Å². The zero-order chi connectivity index (χ0) is 15.1. The molecule has 0 aromatic heterocycles. The molecule has 4 nitrogen and oxygen atoms in total. The smallest absolute Gasteiger partial charge is 0.119 e. The third kappa shape index (κ3) is 4.70. The molecule has 2 rings (SSSR count). The molecule has 1 atom stereocenters. The van der Waals surface area contributed by atoms with Crippen LogP contribution in [0.3, 0.4) is 0 Å². The SMILES string of the molecule is CCOc1ccc(C(CN)N(C)CCN2CCCC2)cc1. The van der Waals surface area contributed by atoms with Gasteiger partial charge in [-0.1, -0.05) is 12.1 Å². The minimum atomic E-state index is 0.281. The molecule has 21 heavy (non-hydrogen) atoms. The first kappa shape index (κ1) is 16.3. The number of rotatable bonds is 8. The van der Waals surface area contributed by atoms with E-state index in [-0.39, 0.29) is 6.04 Å². The van der Waals surface area contributed by atoms with Gasteiger partial charge in [0, 0.05) is 25.7 Å². The van der Waals surface area contributed by atoms with Gasteiger partial charge in [-0.25, -0.2) is 0 Å². The second kappa shape index (κ2) is 8.37. The van der Waals surface area contributed by atoms with E-state index in [0.29, 0.717) is 13.2 Å². The van der Waals surface area contributed by atoms with Gasteiger partial charge >= 0.3 is 0 Å². The van der Waals surface area contributed by atoms with Crippen molar-refractivity contribution in [3.05, 3.63) is 29.8 Å². The van der Waals surface area contributed by atoms with E-state index in [4.69, 9.17) is 10.5 Å². The molecule has 1 fully saturated rings. The van der Waals surface area contributed by atoms with Gasteiger partial charge in [0.1, 0.15) is 5.75 Å². The van der Waals surface area contributed by atoms with Gasteiger partial charge in [0.25, 0.3) is 0 Å². The van der Waals surface area contributed by atoms with Crippen molar-refractivity contribution in [1.82, 2.24) is 9.80 Å². The van der Waals surface area contributed by atoms with Gasteiger partial charge in [0.15, 0.2) is 0 Å². The lowest BCUT2D eigenvalue weighted by Gasteiger charge is -2.29. The van der Waals surface area contributed by atoms with Crippen molar-refractivity contribution in [2.24, 2.45) is 5.73 Å². The summed E-state index contributed by atoms with van der Waals surface area (Å²) >= 11 is 0. The van der Waals surface area contributed by atoms with Crippen molar-refractivity contribution in [1.29, 1.82) is 0 Å². The second-order valence-electron chi connectivity index (χ2n) is 5.78. The normalized spacial score (nSPS) is 17.3. The number of ether oxygens (including phenoxy) is 1. The van der Waals surface area contributed by atoms with Gasteiger partial charge in [0.05, 0.1) is 6.61 Å². The van der Waals surface area contributed by atoms with Crippen LogP contribution < -0.4 is 10.5 Å². The average Bonchev–Trinajstić information content (AvgIpc) is 3.01. The largest absolute Gasteiger partial charge is 0.494 e. The Balaban J connectivity index is 1.90. The molecule has 0 bridgehead atoms. The van der Waals surface area contributed by atoms with E-state index >= 15 is 0 Å². The van der Waals surface area contributed by atoms with E-state index in [2.05, 4.69) is 29.0 Å². The van der Waals surface area contributed by atoms with Crippen LogP contribution in [0.4, 0.5) is 0 Å². The first-order valence-electron chi connectivity index (χ1n) is 8.10. The third-order valence-corrected chi connectivity index (χ3v) is 4.30. The second-order valence-corrected chi connectivity index (χ2v) is 5.78. The highest BCUT2D eigenvalue weighted by Gasteiger charge is 2.17. The quantitative estimate of drug-likeness (QED) is 0.796. The Labute approximate surface area is 128 Å². The molecule has 0 spiro atoms. The van der Waals surface area contributed by atoms with Crippen molar-refractivity contribution in [2.45, 2.75) is 25.8 Å². The van der Waals surface area contributed by atoms with Crippen LogP contribution in [0.25, 0.3) is 0 Å². The van der Waals surface area contributed by atoms with Crippen molar-refractivity contribution >= 4 is 0 Å². The molecule has 0 radical (unpaired) electrons. The molecular weight excluding hydrogens is 262 g/mol. The highest BCUT2D eigenvalue weighted by Crippen LogP contribution is 2.21. The maximum absolute atomic E-state index is 6.00. The van der Waals surface area contributed by atoms with Gasteiger partial charge in [-0.05, 0) is 57.6 Å². The molecule has 1 aliphatic heterocycles. The molecule has 1 unspecified atom stereocenters. The molecule has 118 valence electrons. The van der Waals surface area contributed by atoms with E-state index in [1.165, 1.54) is 31.5 Å². The number of likely N-dealkylation sites (N-methyl/N-ethyl adjacent to an activating group) is 1. The number of nitrogens with zero attached hydrogens (tertiary/aromatic N) is 2. The summed E-state index contributed by atoms with van der Waals surface area (Å²) < 4.78 is 5.50. The van der Waals surface area contributed by atoms with Crippen molar-refractivity contribution in [2.75, 3.05) is 46.4 Å². The molecule has 1 aromatic rings. The molecule has 0 saturated carbocycles. The van der Waals surface area contributed by atoms with Gasteiger partial charge in [0.2, 0.25) is 0 Å². The molecule has 0 amide bonds. The summed E-state index contributed by atoms with van der Waals surface area (Å²) in [5.41, 5.74) is 7.27. The summed E-state index contributed by atoms with van der Waals surface area (Å²) in [6.45, 7) is 8.07. The lowest BCUT2D eigenvalue weighted by atomic mass is 10.1. The summed E-state index contributed by atoms with van der Waals surface area (Å²) in [5.74, 6) is 0.928. The van der Waals surface area contributed by atoms with Crippen LogP contribution in [0.1, 0.15) is 31.4 Å². The van der Waals surface area contributed by atoms with Gasteiger partial charge < -0.3 is 15.4 Å². The zero-order valence-corrected chi connectivity index (χ0v) is 13.4. The first-order chi connectivity index (χ1) is 10.2. The molecule has 1 aliphatic rings. The Morgan fingerprint density at radius 3 is 2.48 bits per heavy atom. The van der Waals surface area contributed by atoms with Crippen LogP contribution in [0.15, 0.2) is 24.3 Å².